The highest BCUT2D eigenvalue weighted by Crippen LogP contribution is 2.37. The summed E-state index contributed by atoms with van der Waals surface area (Å²) in [5.41, 5.74) is 1.29. The Morgan fingerprint density at radius 1 is 1.21 bits per heavy atom. The van der Waals surface area contributed by atoms with Crippen LogP contribution in [0.25, 0.3) is 5.69 Å². The predicted octanol–water partition coefficient (Wildman–Crippen LogP) is 2.25. The minimum atomic E-state index is -0.325. The Kier molecular flexibility index (Phi) is 4.83. The number of nitrogens with zero attached hydrogens (tertiary/aromatic N) is 5. The largest absolute Gasteiger partial charge is 0.486 e. The maximum absolute atomic E-state index is 12.7. The molecule has 1 aliphatic rings. The van der Waals surface area contributed by atoms with Crippen molar-refractivity contribution in [2.75, 3.05) is 25.6 Å². The van der Waals surface area contributed by atoms with Gasteiger partial charge in [0.05, 0.1) is 17.7 Å². The Morgan fingerprint density at radius 3 is 2.64 bits per heavy atom. The summed E-state index contributed by atoms with van der Waals surface area (Å²) in [4.78, 5) is 18.2. The van der Waals surface area contributed by atoms with Crippen LogP contribution in [0.5, 0.6) is 11.5 Å². The molecule has 1 N–H and O–H groups in total. The zero-order chi connectivity index (χ0) is 19.5. The highest BCUT2D eigenvalue weighted by molar-refractivity contribution is 5.92. The molecule has 1 aliphatic heterocycles. The van der Waals surface area contributed by atoms with Gasteiger partial charge in [0.25, 0.3) is 0 Å². The standard InChI is InChI=1S/C18H20N6O4/c1-3-16-21-22-17(28-16)10-23(2)18(25)20-12-8-14-15(27-7-6-26-14)9-13(12)24-5-4-19-11-24/h4-5,8-9,11H,3,6-7,10H2,1-2H3,(H,20,25). The van der Waals surface area contributed by atoms with Crippen molar-refractivity contribution >= 4 is 11.7 Å². The first-order valence-corrected chi connectivity index (χ1v) is 8.89. The summed E-state index contributed by atoms with van der Waals surface area (Å²) in [6.07, 6.45) is 5.74. The molecule has 2 amide bonds. The van der Waals surface area contributed by atoms with Crippen LogP contribution in [0.4, 0.5) is 10.5 Å². The lowest BCUT2D eigenvalue weighted by Gasteiger charge is -2.23. The van der Waals surface area contributed by atoms with Gasteiger partial charge in [-0.2, -0.15) is 0 Å². The average molecular weight is 384 g/mol. The second kappa shape index (κ2) is 7.59. The van der Waals surface area contributed by atoms with Crippen molar-refractivity contribution < 1.29 is 18.7 Å². The SMILES string of the molecule is CCc1nnc(CN(C)C(=O)Nc2cc3c(cc2-n2ccnc2)OCCO3)o1. The summed E-state index contributed by atoms with van der Waals surface area (Å²) in [5, 5.41) is 10.8. The normalized spacial score (nSPS) is 12.6. The number of urea groups is 1. The number of rotatable bonds is 5. The third-order valence-corrected chi connectivity index (χ3v) is 4.21. The van der Waals surface area contributed by atoms with Gasteiger partial charge in [-0.25, -0.2) is 9.78 Å². The van der Waals surface area contributed by atoms with Gasteiger partial charge in [-0.1, -0.05) is 6.92 Å². The molecule has 2 aromatic heterocycles. The van der Waals surface area contributed by atoms with Gasteiger partial charge in [-0.3, -0.25) is 0 Å². The molecule has 10 nitrogen and oxygen atoms in total. The van der Waals surface area contributed by atoms with Gasteiger partial charge in [-0.15, -0.1) is 10.2 Å². The lowest BCUT2D eigenvalue weighted by atomic mass is 10.2. The molecule has 0 saturated carbocycles. The van der Waals surface area contributed by atoms with Crippen LogP contribution >= 0.6 is 0 Å². The van der Waals surface area contributed by atoms with Crippen molar-refractivity contribution in [2.24, 2.45) is 0 Å². The zero-order valence-corrected chi connectivity index (χ0v) is 15.6. The molecule has 0 fully saturated rings. The lowest BCUT2D eigenvalue weighted by Crippen LogP contribution is -2.31. The molecule has 146 valence electrons. The van der Waals surface area contributed by atoms with Crippen molar-refractivity contribution in [3.63, 3.8) is 0 Å². The average Bonchev–Trinajstić information content (AvgIpc) is 3.39. The van der Waals surface area contributed by atoms with Gasteiger partial charge in [0.1, 0.15) is 19.8 Å². The first kappa shape index (κ1) is 17.8. The third kappa shape index (κ3) is 3.61. The molecule has 28 heavy (non-hydrogen) atoms. The number of nitrogens with one attached hydrogen (secondary N) is 1. The van der Waals surface area contributed by atoms with Crippen molar-refractivity contribution in [2.45, 2.75) is 19.9 Å². The van der Waals surface area contributed by atoms with Gasteiger partial charge < -0.3 is 28.7 Å². The topological polar surface area (TPSA) is 108 Å². The highest BCUT2D eigenvalue weighted by atomic mass is 16.6. The number of ether oxygens (including phenoxy) is 2. The molecular weight excluding hydrogens is 364 g/mol. The summed E-state index contributed by atoms with van der Waals surface area (Å²) in [7, 11) is 1.65. The van der Waals surface area contributed by atoms with E-state index < -0.39 is 0 Å². The molecule has 0 saturated heterocycles. The molecule has 0 spiro atoms. The van der Waals surface area contributed by atoms with Gasteiger partial charge in [0.2, 0.25) is 11.8 Å². The van der Waals surface area contributed by atoms with Gasteiger partial charge >= 0.3 is 6.03 Å². The van der Waals surface area contributed by atoms with Crippen LogP contribution in [0.2, 0.25) is 0 Å². The summed E-state index contributed by atoms with van der Waals surface area (Å²) in [6, 6.07) is 3.24. The number of benzene rings is 1. The van der Waals surface area contributed by atoms with Crippen molar-refractivity contribution in [1.82, 2.24) is 24.6 Å². The third-order valence-electron chi connectivity index (χ3n) is 4.21. The molecule has 0 atom stereocenters. The zero-order valence-electron chi connectivity index (χ0n) is 15.6. The molecule has 10 heteroatoms. The van der Waals surface area contributed by atoms with E-state index in [1.807, 2.05) is 13.0 Å². The van der Waals surface area contributed by atoms with E-state index in [4.69, 9.17) is 13.9 Å². The van der Waals surface area contributed by atoms with Crippen molar-refractivity contribution in [3.05, 3.63) is 42.6 Å². The molecule has 1 aromatic carbocycles. The molecular formula is C18H20N6O4. The minimum absolute atomic E-state index is 0.198. The van der Waals surface area contributed by atoms with E-state index in [-0.39, 0.29) is 12.6 Å². The van der Waals surface area contributed by atoms with E-state index in [0.717, 1.165) is 5.69 Å². The fourth-order valence-corrected chi connectivity index (χ4v) is 2.77. The summed E-state index contributed by atoms with van der Waals surface area (Å²) in [5.74, 6) is 2.13. The molecule has 0 bridgehead atoms. The minimum Gasteiger partial charge on any atom is -0.486 e. The smallest absolute Gasteiger partial charge is 0.322 e. The van der Waals surface area contributed by atoms with Gasteiger partial charge in [0, 0.05) is 38.0 Å². The fourth-order valence-electron chi connectivity index (χ4n) is 2.77. The number of fused-ring (bicyclic) bond motifs is 1. The molecule has 0 unspecified atom stereocenters. The maximum atomic E-state index is 12.7. The predicted molar refractivity (Wildman–Crippen MR) is 98.7 cm³/mol. The molecule has 3 aromatic rings. The Labute approximate surface area is 161 Å². The number of carbonyl (C=O) groups excluding carboxylic acids is 1. The molecule has 0 radical (unpaired) electrons. The van der Waals surface area contributed by atoms with Crippen LogP contribution in [-0.2, 0) is 13.0 Å². The van der Waals surface area contributed by atoms with Gasteiger partial charge in [0.15, 0.2) is 11.5 Å². The van der Waals surface area contributed by atoms with E-state index >= 15 is 0 Å². The van der Waals surface area contributed by atoms with Crippen LogP contribution in [-0.4, -0.2) is 50.9 Å². The van der Waals surface area contributed by atoms with E-state index in [9.17, 15) is 4.79 Å². The number of hydrogen-bond donors (Lipinski definition) is 1. The van der Waals surface area contributed by atoms with Crippen LogP contribution < -0.4 is 14.8 Å². The number of amides is 2. The van der Waals surface area contributed by atoms with Crippen LogP contribution in [0.1, 0.15) is 18.7 Å². The number of aromatic nitrogens is 4. The van der Waals surface area contributed by atoms with Crippen LogP contribution in [0.3, 0.4) is 0 Å². The monoisotopic (exact) mass is 384 g/mol. The fraction of sp³-hybridized carbons (Fsp3) is 0.333. The first-order chi connectivity index (χ1) is 13.6. The number of anilines is 1. The number of hydrogen-bond acceptors (Lipinski definition) is 7. The molecule has 3 heterocycles. The Hall–Kier alpha value is -3.56. The highest BCUT2D eigenvalue weighted by Gasteiger charge is 2.20. The summed E-state index contributed by atoms with van der Waals surface area (Å²) in [6.45, 7) is 3.06. The summed E-state index contributed by atoms with van der Waals surface area (Å²) >= 11 is 0. The molecule has 0 aliphatic carbocycles. The second-order valence-electron chi connectivity index (χ2n) is 6.21. The maximum Gasteiger partial charge on any atom is 0.322 e. The van der Waals surface area contributed by atoms with Gasteiger partial charge in [-0.05, 0) is 0 Å². The van der Waals surface area contributed by atoms with Crippen molar-refractivity contribution in [3.8, 4) is 17.2 Å². The first-order valence-electron chi connectivity index (χ1n) is 8.89. The quantitative estimate of drug-likeness (QED) is 0.719. The Bertz CT molecular complexity index is 969. The lowest BCUT2D eigenvalue weighted by molar-refractivity contribution is 0.171. The number of carbonyl (C=O) groups is 1. The van der Waals surface area contributed by atoms with Crippen molar-refractivity contribution in [1.29, 1.82) is 0 Å². The second-order valence-corrected chi connectivity index (χ2v) is 6.21. The van der Waals surface area contributed by atoms with Crippen LogP contribution in [0, 0.1) is 0 Å². The number of aryl methyl sites for hydroxylation is 1. The summed E-state index contributed by atoms with van der Waals surface area (Å²) < 4.78 is 18.6. The Morgan fingerprint density at radius 2 is 1.96 bits per heavy atom. The number of imidazole rings is 1. The van der Waals surface area contributed by atoms with E-state index in [0.29, 0.717) is 48.6 Å². The van der Waals surface area contributed by atoms with E-state index in [2.05, 4.69) is 20.5 Å². The van der Waals surface area contributed by atoms with Crippen LogP contribution in [0.15, 0.2) is 35.3 Å². The molecule has 4 rings (SSSR count). The Balaban J connectivity index is 1.56. The van der Waals surface area contributed by atoms with E-state index in [1.165, 1.54) is 4.90 Å². The van der Waals surface area contributed by atoms with E-state index in [1.54, 1.807) is 36.4 Å².